The SMILES string of the molecule is O=S(=O)(N[C@@H]1c2cccc3cccc(c23)[C@@H]1Sc1nnc(Nc2ccccc2)s1)c1ccccc1. The van der Waals surface area contributed by atoms with Gasteiger partial charge in [0.2, 0.25) is 15.2 Å². The zero-order chi connectivity index (χ0) is 23.8. The van der Waals surface area contributed by atoms with Crippen LogP contribution in [0.4, 0.5) is 10.8 Å². The van der Waals surface area contributed by atoms with E-state index in [1.165, 1.54) is 23.1 Å². The van der Waals surface area contributed by atoms with Crippen LogP contribution in [0, 0.1) is 0 Å². The van der Waals surface area contributed by atoms with Crippen LogP contribution in [0.25, 0.3) is 10.8 Å². The van der Waals surface area contributed by atoms with Crippen molar-refractivity contribution in [2.75, 3.05) is 5.32 Å². The molecule has 2 atom stereocenters. The quantitative estimate of drug-likeness (QED) is 0.264. The summed E-state index contributed by atoms with van der Waals surface area (Å²) in [6, 6.07) is 30.1. The van der Waals surface area contributed by atoms with Crippen molar-refractivity contribution in [1.82, 2.24) is 14.9 Å². The summed E-state index contributed by atoms with van der Waals surface area (Å²) < 4.78 is 30.4. The van der Waals surface area contributed by atoms with Crippen molar-refractivity contribution in [3.8, 4) is 0 Å². The van der Waals surface area contributed by atoms with Gasteiger partial charge in [-0.05, 0) is 46.2 Å². The van der Waals surface area contributed by atoms with Gasteiger partial charge in [0.25, 0.3) is 0 Å². The van der Waals surface area contributed by atoms with E-state index in [1.54, 1.807) is 30.3 Å². The number of nitrogens with one attached hydrogen (secondary N) is 2. The Morgan fingerprint density at radius 1 is 0.771 bits per heavy atom. The summed E-state index contributed by atoms with van der Waals surface area (Å²) in [5.41, 5.74) is 3.01. The second-order valence-corrected chi connectivity index (χ2v) is 12.2. The average molecular weight is 517 g/mol. The van der Waals surface area contributed by atoms with Crippen molar-refractivity contribution >= 4 is 54.7 Å². The third kappa shape index (κ3) is 4.32. The van der Waals surface area contributed by atoms with Crippen molar-refractivity contribution in [2.24, 2.45) is 0 Å². The minimum Gasteiger partial charge on any atom is -0.330 e. The van der Waals surface area contributed by atoms with Crippen LogP contribution in [0.1, 0.15) is 22.4 Å². The fraction of sp³-hybridized carbons (Fsp3) is 0.0769. The molecule has 0 amide bonds. The van der Waals surface area contributed by atoms with Gasteiger partial charge in [-0.15, -0.1) is 10.2 Å². The van der Waals surface area contributed by atoms with E-state index in [9.17, 15) is 8.42 Å². The Bertz CT molecular complexity index is 1600. The van der Waals surface area contributed by atoms with Crippen molar-refractivity contribution in [3.05, 3.63) is 108 Å². The summed E-state index contributed by atoms with van der Waals surface area (Å²) in [5, 5.41) is 14.6. The lowest BCUT2D eigenvalue weighted by atomic mass is 10.1. The summed E-state index contributed by atoms with van der Waals surface area (Å²) in [5.74, 6) is 0. The molecule has 1 aromatic heterocycles. The zero-order valence-electron chi connectivity index (χ0n) is 18.3. The average Bonchev–Trinajstić information content (AvgIpc) is 3.44. The number of hydrogen-bond donors (Lipinski definition) is 2. The summed E-state index contributed by atoms with van der Waals surface area (Å²) in [6.45, 7) is 0. The van der Waals surface area contributed by atoms with Crippen LogP contribution in [-0.4, -0.2) is 18.6 Å². The highest BCUT2D eigenvalue weighted by Crippen LogP contribution is 2.54. The first-order chi connectivity index (χ1) is 17.1. The van der Waals surface area contributed by atoms with Crippen LogP contribution in [0.2, 0.25) is 0 Å². The van der Waals surface area contributed by atoms with Crippen molar-refractivity contribution in [3.63, 3.8) is 0 Å². The molecule has 1 aliphatic rings. The highest BCUT2D eigenvalue weighted by atomic mass is 32.2. The lowest BCUT2D eigenvalue weighted by Gasteiger charge is -2.22. The molecule has 0 fully saturated rings. The second kappa shape index (κ2) is 9.09. The molecule has 35 heavy (non-hydrogen) atoms. The van der Waals surface area contributed by atoms with Crippen LogP contribution in [0.5, 0.6) is 0 Å². The van der Waals surface area contributed by atoms with E-state index in [4.69, 9.17) is 0 Å². The highest BCUT2D eigenvalue weighted by molar-refractivity contribution is 8.01. The van der Waals surface area contributed by atoms with Crippen molar-refractivity contribution < 1.29 is 8.42 Å². The molecule has 6 nitrogen and oxygen atoms in total. The number of nitrogens with zero attached hydrogens (tertiary/aromatic N) is 2. The van der Waals surface area contributed by atoms with Gasteiger partial charge in [-0.1, -0.05) is 95.9 Å². The molecule has 1 aliphatic carbocycles. The minimum atomic E-state index is -3.73. The molecule has 0 unspecified atom stereocenters. The van der Waals surface area contributed by atoms with Gasteiger partial charge < -0.3 is 5.32 Å². The maximum absolute atomic E-state index is 13.3. The number of hydrogen-bond acceptors (Lipinski definition) is 7. The molecule has 0 spiro atoms. The van der Waals surface area contributed by atoms with Crippen LogP contribution in [-0.2, 0) is 10.0 Å². The lowest BCUT2D eigenvalue weighted by Crippen LogP contribution is -2.29. The molecule has 174 valence electrons. The Labute approximate surface area is 211 Å². The van der Waals surface area contributed by atoms with Gasteiger partial charge in [0, 0.05) is 5.69 Å². The Hall–Kier alpha value is -3.24. The molecule has 0 saturated carbocycles. The maximum atomic E-state index is 13.3. The molecule has 0 bridgehead atoms. The van der Waals surface area contributed by atoms with Gasteiger partial charge in [0.1, 0.15) is 0 Å². The maximum Gasteiger partial charge on any atom is 0.241 e. The van der Waals surface area contributed by atoms with E-state index in [-0.39, 0.29) is 10.1 Å². The molecule has 0 saturated heterocycles. The number of sulfonamides is 1. The topological polar surface area (TPSA) is 84.0 Å². The number of benzene rings is 4. The third-order valence-corrected chi connectivity index (χ3v) is 9.60. The Balaban J connectivity index is 1.35. The van der Waals surface area contributed by atoms with E-state index in [1.807, 2.05) is 48.5 Å². The van der Waals surface area contributed by atoms with Crippen LogP contribution >= 0.6 is 23.1 Å². The normalized spacial score (nSPS) is 17.0. The third-order valence-electron chi connectivity index (χ3n) is 5.91. The van der Waals surface area contributed by atoms with Crippen molar-refractivity contribution in [2.45, 2.75) is 20.5 Å². The lowest BCUT2D eigenvalue weighted by molar-refractivity contribution is 0.557. The Morgan fingerprint density at radius 3 is 2.20 bits per heavy atom. The summed E-state index contributed by atoms with van der Waals surface area (Å²) >= 11 is 2.99. The number of anilines is 2. The number of thioether (sulfide) groups is 1. The predicted octanol–water partition coefficient (Wildman–Crippen LogP) is 6.30. The number of para-hydroxylation sites is 1. The van der Waals surface area contributed by atoms with Crippen LogP contribution in [0.15, 0.2) is 106 Å². The monoisotopic (exact) mass is 516 g/mol. The van der Waals surface area contributed by atoms with Gasteiger partial charge >= 0.3 is 0 Å². The molecule has 4 aromatic carbocycles. The van der Waals surface area contributed by atoms with Crippen LogP contribution in [0.3, 0.4) is 0 Å². The molecular weight excluding hydrogens is 497 g/mol. The molecule has 0 radical (unpaired) electrons. The highest BCUT2D eigenvalue weighted by Gasteiger charge is 2.38. The molecule has 1 heterocycles. The molecule has 5 aromatic rings. The van der Waals surface area contributed by atoms with Gasteiger partial charge in [-0.25, -0.2) is 13.1 Å². The van der Waals surface area contributed by atoms with E-state index in [0.717, 1.165) is 31.9 Å². The van der Waals surface area contributed by atoms with Gasteiger partial charge in [-0.2, -0.15) is 0 Å². The van der Waals surface area contributed by atoms with E-state index in [2.05, 4.69) is 38.4 Å². The summed E-state index contributed by atoms with van der Waals surface area (Å²) in [6.07, 6.45) is 0. The molecule has 0 aliphatic heterocycles. The van der Waals surface area contributed by atoms with Gasteiger partial charge in [0.05, 0.1) is 16.2 Å². The smallest absolute Gasteiger partial charge is 0.241 e. The number of aromatic nitrogens is 2. The molecule has 2 N–H and O–H groups in total. The largest absolute Gasteiger partial charge is 0.330 e. The number of rotatable bonds is 7. The fourth-order valence-electron chi connectivity index (χ4n) is 4.39. The van der Waals surface area contributed by atoms with Crippen LogP contribution < -0.4 is 10.0 Å². The molecular formula is C26H20N4O2S3. The van der Waals surface area contributed by atoms with E-state index < -0.39 is 16.1 Å². The predicted molar refractivity (Wildman–Crippen MR) is 142 cm³/mol. The van der Waals surface area contributed by atoms with E-state index in [0.29, 0.717) is 5.13 Å². The van der Waals surface area contributed by atoms with E-state index >= 15 is 0 Å². The molecule has 6 rings (SSSR count). The minimum absolute atomic E-state index is 0.188. The standard InChI is InChI=1S/C26H20N4O2S3/c31-35(32,19-13-5-2-6-14-19)30-23-20-15-7-9-17-10-8-16-21(22(17)20)24(23)33-26-29-28-25(34-26)27-18-11-3-1-4-12-18/h1-16,23-24,30H,(H,27,28)/t23-,24+/m1/s1. The summed E-state index contributed by atoms with van der Waals surface area (Å²) in [7, 11) is -3.73. The Morgan fingerprint density at radius 2 is 1.46 bits per heavy atom. The van der Waals surface area contributed by atoms with Gasteiger partial charge in [0.15, 0.2) is 4.34 Å². The summed E-state index contributed by atoms with van der Waals surface area (Å²) in [4.78, 5) is 0.247. The fourth-order valence-corrected chi connectivity index (χ4v) is 7.94. The van der Waals surface area contributed by atoms with Gasteiger partial charge in [-0.3, -0.25) is 0 Å². The molecule has 9 heteroatoms. The second-order valence-electron chi connectivity index (χ2n) is 8.11. The Kier molecular flexibility index (Phi) is 5.77. The first-order valence-electron chi connectivity index (χ1n) is 11.0. The first-order valence-corrected chi connectivity index (χ1v) is 14.2. The first kappa shape index (κ1) is 22.2. The van der Waals surface area contributed by atoms with Crippen molar-refractivity contribution in [1.29, 1.82) is 0 Å². The zero-order valence-corrected chi connectivity index (χ0v) is 20.8.